The summed E-state index contributed by atoms with van der Waals surface area (Å²) in [5.74, 6) is -0.00837. The van der Waals surface area contributed by atoms with Crippen LogP contribution in [0.3, 0.4) is 0 Å². The van der Waals surface area contributed by atoms with Crippen LogP contribution in [0.25, 0.3) is 0 Å². The summed E-state index contributed by atoms with van der Waals surface area (Å²) in [5.41, 5.74) is 0. The van der Waals surface area contributed by atoms with Crippen molar-refractivity contribution in [2.24, 2.45) is 0 Å². The van der Waals surface area contributed by atoms with E-state index in [1.165, 1.54) is 315 Å². The number of hydrogen-bond acceptors (Lipinski definition) is 5. The summed E-state index contributed by atoms with van der Waals surface area (Å²) in [5, 5.41) is 23.2. The van der Waals surface area contributed by atoms with E-state index in [0.29, 0.717) is 25.9 Å². The highest BCUT2D eigenvalue weighted by Gasteiger charge is 2.20. The zero-order valence-corrected chi connectivity index (χ0v) is 49.2. The highest BCUT2D eigenvalue weighted by atomic mass is 16.5. The van der Waals surface area contributed by atoms with Gasteiger partial charge in [0.2, 0.25) is 5.91 Å². The molecule has 0 aliphatic rings. The molecule has 0 bridgehead atoms. The predicted octanol–water partition coefficient (Wildman–Crippen LogP) is 21.0. The van der Waals surface area contributed by atoms with E-state index in [9.17, 15) is 19.8 Å². The van der Waals surface area contributed by atoms with Crippen molar-refractivity contribution in [2.75, 3.05) is 13.2 Å². The molecule has 0 spiro atoms. The molecule has 430 valence electrons. The Labute approximate surface area is 451 Å². The third-order valence-corrected chi connectivity index (χ3v) is 15.9. The molecular weight excluding hydrogens is 887 g/mol. The van der Waals surface area contributed by atoms with Crippen molar-refractivity contribution in [2.45, 2.75) is 398 Å². The lowest BCUT2D eigenvalue weighted by Gasteiger charge is -2.22. The Morgan fingerprint density at radius 2 is 0.569 bits per heavy atom. The average molecular weight is 1020 g/mol. The zero-order valence-electron chi connectivity index (χ0n) is 49.2. The molecule has 0 saturated carbocycles. The van der Waals surface area contributed by atoms with Gasteiger partial charge in [-0.2, -0.15) is 0 Å². The lowest BCUT2D eigenvalue weighted by Crippen LogP contribution is -2.45. The maximum Gasteiger partial charge on any atom is 0.305 e. The predicted molar refractivity (Wildman–Crippen MR) is 315 cm³/mol. The molecule has 0 aromatic carbocycles. The number of esters is 1. The van der Waals surface area contributed by atoms with Gasteiger partial charge in [0.25, 0.3) is 0 Å². The van der Waals surface area contributed by atoms with E-state index < -0.39 is 12.1 Å². The molecule has 1 amide bonds. The zero-order chi connectivity index (χ0) is 52.2. The van der Waals surface area contributed by atoms with E-state index in [1.54, 1.807) is 0 Å². The van der Waals surface area contributed by atoms with Crippen molar-refractivity contribution in [3.05, 3.63) is 0 Å². The monoisotopic (exact) mass is 1020 g/mol. The highest BCUT2D eigenvalue weighted by Crippen LogP contribution is 2.19. The van der Waals surface area contributed by atoms with Gasteiger partial charge in [-0.25, -0.2) is 0 Å². The molecule has 0 fully saturated rings. The molecule has 72 heavy (non-hydrogen) atoms. The summed E-state index contributed by atoms with van der Waals surface area (Å²) in [6.07, 6.45) is 74.3. The number of amides is 1. The maximum atomic E-state index is 12.5. The van der Waals surface area contributed by atoms with E-state index in [2.05, 4.69) is 19.2 Å². The summed E-state index contributed by atoms with van der Waals surface area (Å²) in [6, 6.07) is -0.537. The molecule has 0 aromatic rings. The van der Waals surface area contributed by atoms with Gasteiger partial charge in [-0.1, -0.05) is 348 Å². The van der Waals surface area contributed by atoms with Gasteiger partial charge >= 0.3 is 5.97 Å². The number of rotatable bonds is 63. The quantitative estimate of drug-likeness (QED) is 0.0417. The summed E-state index contributed by atoms with van der Waals surface area (Å²) in [4.78, 5) is 24.6. The standard InChI is InChI=1S/C66H131NO5/c1-3-5-7-9-11-13-15-17-18-29-33-36-40-44-48-52-56-60-66(71)72-61-57-53-49-45-41-37-34-31-28-26-24-22-20-19-21-23-25-27-30-32-35-39-43-47-51-55-59-65(70)67-63(62-68)64(69)58-54-50-46-42-38-16-14-12-10-8-6-4-2/h63-64,68-69H,3-62H2,1-2H3,(H,67,70). The fourth-order valence-corrected chi connectivity index (χ4v) is 10.8. The fraction of sp³-hybridized carbons (Fsp3) is 0.970. The first kappa shape index (κ1) is 70.9. The first-order chi connectivity index (χ1) is 35.5. The Bertz CT molecular complexity index is 1040. The van der Waals surface area contributed by atoms with Gasteiger partial charge in [0, 0.05) is 12.8 Å². The summed E-state index contributed by atoms with van der Waals surface area (Å²) < 4.78 is 5.51. The van der Waals surface area contributed by atoms with Crippen LogP contribution in [0, 0.1) is 0 Å². The molecule has 3 N–H and O–H groups in total. The minimum atomic E-state index is -0.660. The van der Waals surface area contributed by atoms with Crippen molar-refractivity contribution in [3.8, 4) is 0 Å². The number of carbonyl (C=O) groups excluding carboxylic acids is 2. The molecule has 2 unspecified atom stereocenters. The van der Waals surface area contributed by atoms with E-state index in [0.717, 1.165) is 38.5 Å². The summed E-state index contributed by atoms with van der Waals surface area (Å²) in [7, 11) is 0. The van der Waals surface area contributed by atoms with Crippen LogP contribution in [0.5, 0.6) is 0 Å². The average Bonchev–Trinajstić information content (AvgIpc) is 3.38. The van der Waals surface area contributed by atoms with Crippen molar-refractivity contribution >= 4 is 11.9 Å². The first-order valence-electron chi connectivity index (χ1n) is 33.3. The van der Waals surface area contributed by atoms with E-state index in [4.69, 9.17) is 4.74 Å². The molecule has 2 atom stereocenters. The van der Waals surface area contributed by atoms with Crippen molar-refractivity contribution in [1.29, 1.82) is 0 Å². The van der Waals surface area contributed by atoms with Crippen LogP contribution in [0.2, 0.25) is 0 Å². The molecule has 0 heterocycles. The molecule has 0 aromatic heterocycles. The smallest absolute Gasteiger partial charge is 0.305 e. The minimum absolute atomic E-state index is 0.0223. The number of aliphatic hydroxyl groups is 2. The maximum absolute atomic E-state index is 12.5. The Kier molecular flexibility index (Phi) is 61.4. The van der Waals surface area contributed by atoms with Crippen LogP contribution >= 0.6 is 0 Å². The van der Waals surface area contributed by atoms with Gasteiger partial charge < -0.3 is 20.3 Å². The molecule has 0 aliphatic heterocycles. The van der Waals surface area contributed by atoms with Crippen LogP contribution < -0.4 is 5.32 Å². The van der Waals surface area contributed by atoms with Gasteiger partial charge in [-0.3, -0.25) is 9.59 Å². The van der Waals surface area contributed by atoms with Crippen LogP contribution in [0.1, 0.15) is 386 Å². The highest BCUT2D eigenvalue weighted by molar-refractivity contribution is 5.76. The lowest BCUT2D eigenvalue weighted by molar-refractivity contribution is -0.143. The fourth-order valence-electron chi connectivity index (χ4n) is 10.8. The normalized spacial score (nSPS) is 12.4. The van der Waals surface area contributed by atoms with Gasteiger partial charge in [0.1, 0.15) is 0 Å². The Hall–Kier alpha value is -1.14. The van der Waals surface area contributed by atoms with Crippen LogP contribution in [-0.2, 0) is 14.3 Å². The lowest BCUT2D eigenvalue weighted by atomic mass is 10.0. The van der Waals surface area contributed by atoms with Gasteiger partial charge in [0.05, 0.1) is 25.4 Å². The second-order valence-corrected chi connectivity index (χ2v) is 23.2. The first-order valence-corrected chi connectivity index (χ1v) is 33.3. The molecular formula is C66H131NO5. The Balaban J connectivity index is 3.31. The molecule has 0 radical (unpaired) electrons. The van der Waals surface area contributed by atoms with Crippen LogP contribution in [0.4, 0.5) is 0 Å². The van der Waals surface area contributed by atoms with Crippen molar-refractivity contribution in [1.82, 2.24) is 5.32 Å². The summed E-state index contributed by atoms with van der Waals surface area (Å²) >= 11 is 0. The van der Waals surface area contributed by atoms with Crippen molar-refractivity contribution < 1.29 is 24.5 Å². The number of aliphatic hydroxyl groups excluding tert-OH is 2. The third kappa shape index (κ3) is 58.1. The minimum Gasteiger partial charge on any atom is -0.466 e. The van der Waals surface area contributed by atoms with Crippen LogP contribution in [0.15, 0.2) is 0 Å². The number of ether oxygens (including phenoxy) is 1. The second kappa shape index (κ2) is 62.4. The number of unbranched alkanes of at least 4 members (excludes halogenated alkanes) is 52. The number of hydrogen-bond donors (Lipinski definition) is 3. The number of carbonyl (C=O) groups is 2. The molecule has 0 aliphatic carbocycles. The van der Waals surface area contributed by atoms with E-state index in [1.807, 2.05) is 0 Å². The molecule has 0 rings (SSSR count). The summed E-state index contributed by atoms with van der Waals surface area (Å²) in [6.45, 7) is 4.99. The topological polar surface area (TPSA) is 95.9 Å². The van der Waals surface area contributed by atoms with Gasteiger partial charge in [-0.05, 0) is 25.7 Å². The molecule has 6 heteroatoms. The molecule has 0 saturated heterocycles. The van der Waals surface area contributed by atoms with Crippen LogP contribution in [-0.4, -0.2) is 47.4 Å². The van der Waals surface area contributed by atoms with Gasteiger partial charge in [0.15, 0.2) is 0 Å². The largest absolute Gasteiger partial charge is 0.466 e. The van der Waals surface area contributed by atoms with Gasteiger partial charge in [-0.15, -0.1) is 0 Å². The second-order valence-electron chi connectivity index (χ2n) is 23.2. The Morgan fingerprint density at radius 1 is 0.333 bits per heavy atom. The van der Waals surface area contributed by atoms with E-state index >= 15 is 0 Å². The molecule has 6 nitrogen and oxygen atoms in total. The SMILES string of the molecule is CCCCCCCCCCCCCCCCCCCC(=O)OCCCCCCCCCCCCCCCCCCCCCCCCCCCCC(=O)NC(CO)C(O)CCCCCCCCCCCCCC. The number of nitrogens with one attached hydrogen (secondary N) is 1. The van der Waals surface area contributed by atoms with Crippen molar-refractivity contribution in [3.63, 3.8) is 0 Å². The van der Waals surface area contributed by atoms with E-state index in [-0.39, 0.29) is 18.5 Å². The third-order valence-electron chi connectivity index (χ3n) is 15.9. The Morgan fingerprint density at radius 3 is 0.847 bits per heavy atom.